The highest BCUT2D eigenvalue weighted by Crippen LogP contribution is 2.22. The zero-order valence-corrected chi connectivity index (χ0v) is 18.1. The van der Waals surface area contributed by atoms with Crippen molar-refractivity contribution in [1.82, 2.24) is 4.90 Å². The second kappa shape index (κ2) is 11.1. The van der Waals surface area contributed by atoms with Gasteiger partial charge >= 0.3 is 5.97 Å². The minimum absolute atomic E-state index is 0.0330. The standard InChI is InChI=1S/C24H29NO4S/c1-29-24(28)22-15-14-21(30-22)10-6-16-25-19(9-5-11-23(25)27)12-13-20(26)17-18-7-3-2-4-8-18/h2-4,7-8,12-15,19-20,26H,5-6,9-11,16-17H2,1H3/t19-,20-/m1/s1. The predicted molar refractivity (Wildman–Crippen MR) is 119 cm³/mol. The van der Waals surface area contributed by atoms with E-state index in [4.69, 9.17) is 4.74 Å². The lowest BCUT2D eigenvalue weighted by molar-refractivity contribution is -0.135. The van der Waals surface area contributed by atoms with Gasteiger partial charge in [-0.1, -0.05) is 42.5 Å². The zero-order chi connectivity index (χ0) is 21.3. The van der Waals surface area contributed by atoms with Crippen LogP contribution in [-0.4, -0.2) is 47.7 Å². The Morgan fingerprint density at radius 1 is 1.30 bits per heavy atom. The topological polar surface area (TPSA) is 66.8 Å². The van der Waals surface area contributed by atoms with E-state index >= 15 is 0 Å². The highest BCUT2D eigenvalue weighted by atomic mass is 32.1. The number of hydrogen-bond donors (Lipinski definition) is 1. The van der Waals surface area contributed by atoms with Crippen LogP contribution in [0.15, 0.2) is 54.6 Å². The summed E-state index contributed by atoms with van der Waals surface area (Å²) in [4.78, 5) is 27.7. The zero-order valence-electron chi connectivity index (χ0n) is 17.3. The molecular weight excluding hydrogens is 398 g/mol. The molecule has 30 heavy (non-hydrogen) atoms. The molecule has 3 rings (SSSR count). The van der Waals surface area contributed by atoms with Crippen molar-refractivity contribution in [2.75, 3.05) is 13.7 Å². The van der Waals surface area contributed by atoms with Gasteiger partial charge in [-0.05, 0) is 43.4 Å². The van der Waals surface area contributed by atoms with E-state index in [-0.39, 0.29) is 17.9 Å². The molecule has 6 heteroatoms. The van der Waals surface area contributed by atoms with Gasteiger partial charge < -0.3 is 14.7 Å². The number of aliphatic hydroxyl groups excluding tert-OH is 1. The van der Waals surface area contributed by atoms with Crippen LogP contribution < -0.4 is 0 Å². The molecule has 1 N–H and O–H groups in total. The molecule has 0 spiro atoms. The third-order valence-electron chi connectivity index (χ3n) is 5.32. The summed E-state index contributed by atoms with van der Waals surface area (Å²) in [7, 11) is 1.38. The van der Waals surface area contributed by atoms with Gasteiger partial charge in [-0.3, -0.25) is 4.79 Å². The van der Waals surface area contributed by atoms with Gasteiger partial charge in [0.15, 0.2) is 0 Å². The Labute approximate surface area is 182 Å². The first-order chi connectivity index (χ1) is 14.6. The first-order valence-electron chi connectivity index (χ1n) is 10.4. The lowest BCUT2D eigenvalue weighted by Crippen LogP contribution is -2.43. The maximum Gasteiger partial charge on any atom is 0.348 e. The number of carbonyl (C=O) groups excluding carboxylic acids is 2. The van der Waals surface area contributed by atoms with Crippen molar-refractivity contribution in [3.63, 3.8) is 0 Å². The smallest absolute Gasteiger partial charge is 0.348 e. The van der Waals surface area contributed by atoms with Gasteiger partial charge in [0.05, 0.1) is 19.3 Å². The maximum absolute atomic E-state index is 12.5. The molecule has 0 saturated carbocycles. The fourth-order valence-corrected chi connectivity index (χ4v) is 4.73. The van der Waals surface area contributed by atoms with Crippen LogP contribution in [0.3, 0.4) is 0 Å². The van der Waals surface area contributed by atoms with Crippen LogP contribution in [0.2, 0.25) is 0 Å². The van der Waals surface area contributed by atoms with Crippen molar-refractivity contribution in [3.8, 4) is 0 Å². The van der Waals surface area contributed by atoms with E-state index in [1.807, 2.05) is 53.5 Å². The molecule has 0 aliphatic carbocycles. The Kier molecular flexibility index (Phi) is 8.22. The molecule has 0 unspecified atom stereocenters. The van der Waals surface area contributed by atoms with Crippen LogP contribution in [0, 0.1) is 0 Å². The first kappa shape index (κ1) is 22.2. The fraction of sp³-hybridized carbons (Fsp3) is 0.417. The summed E-state index contributed by atoms with van der Waals surface area (Å²) in [6.45, 7) is 0.675. The van der Waals surface area contributed by atoms with Crippen molar-refractivity contribution in [3.05, 3.63) is 69.9 Å². The molecule has 1 saturated heterocycles. The summed E-state index contributed by atoms with van der Waals surface area (Å²) in [5, 5.41) is 10.4. The van der Waals surface area contributed by atoms with Gasteiger partial charge in [-0.2, -0.15) is 0 Å². The number of aryl methyl sites for hydroxylation is 1. The first-order valence-corrected chi connectivity index (χ1v) is 11.3. The molecular formula is C24H29NO4S. The van der Waals surface area contributed by atoms with Gasteiger partial charge in [-0.15, -0.1) is 11.3 Å². The summed E-state index contributed by atoms with van der Waals surface area (Å²) >= 11 is 1.44. The van der Waals surface area contributed by atoms with Crippen LogP contribution in [0.25, 0.3) is 0 Å². The summed E-state index contributed by atoms with van der Waals surface area (Å²) in [5.41, 5.74) is 1.09. The number of benzene rings is 1. The molecule has 0 radical (unpaired) electrons. The summed E-state index contributed by atoms with van der Waals surface area (Å²) in [6.07, 6.45) is 7.87. The Morgan fingerprint density at radius 3 is 2.87 bits per heavy atom. The predicted octanol–water partition coefficient (Wildman–Crippen LogP) is 4.01. The fourth-order valence-electron chi connectivity index (χ4n) is 3.76. The van der Waals surface area contributed by atoms with Crippen molar-refractivity contribution >= 4 is 23.2 Å². The van der Waals surface area contributed by atoms with Gasteiger partial charge in [0.2, 0.25) is 5.91 Å². The molecule has 2 heterocycles. The molecule has 1 aliphatic rings. The Morgan fingerprint density at radius 2 is 2.10 bits per heavy atom. The molecule has 5 nitrogen and oxygen atoms in total. The van der Waals surface area contributed by atoms with E-state index in [0.29, 0.717) is 24.3 Å². The lowest BCUT2D eigenvalue weighted by Gasteiger charge is -2.34. The number of carbonyl (C=O) groups is 2. The van der Waals surface area contributed by atoms with Gasteiger partial charge in [-0.25, -0.2) is 4.79 Å². The molecule has 1 aromatic heterocycles. The normalized spacial score (nSPS) is 18.0. The Balaban J connectivity index is 1.53. The van der Waals surface area contributed by atoms with Crippen LogP contribution in [0.4, 0.5) is 0 Å². The number of esters is 1. The number of ether oxygens (including phenoxy) is 1. The quantitative estimate of drug-likeness (QED) is 0.485. The second-order valence-electron chi connectivity index (χ2n) is 7.55. The average Bonchev–Trinajstić information content (AvgIpc) is 3.23. The molecule has 160 valence electrons. The van der Waals surface area contributed by atoms with E-state index < -0.39 is 6.10 Å². The highest BCUT2D eigenvalue weighted by molar-refractivity contribution is 7.13. The number of piperidine rings is 1. The van der Waals surface area contributed by atoms with E-state index in [1.54, 1.807) is 6.07 Å². The average molecular weight is 428 g/mol. The molecule has 1 fully saturated rings. The molecule has 1 aliphatic heterocycles. The monoisotopic (exact) mass is 427 g/mol. The minimum atomic E-state index is -0.561. The summed E-state index contributed by atoms with van der Waals surface area (Å²) in [6, 6.07) is 13.7. The molecule has 0 bridgehead atoms. The molecule has 1 aromatic carbocycles. The van der Waals surface area contributed by atoms with Crippen LogP contribution in [-0.2, 0) is 22.4 Å². The largest absolute Gasteiger partial charge is 0.465 e. The highest BCUT2D eigenvalue weighted by Gasteiger charge is 2.26. The van der Waals surface area contributed by atoms with Crippen LogP contribution in [0.5, 0.6) is 0 Å². The number of aliphatic hydroxyl groups is 1. The van der Waals surface area contributed by atoms with Crippen LogP contribution in [0.1, 0.15) is 45.8 Å². The third-order valence-corrected chi connectivity index (χ3v) is 6.45. The van der Waals surface area contributed by atoms with Crippen molar-refractivity contribution in [2.45, 2.75) is 50.7 Å². The second-order valence-corrected chi connectivity index (χ2v) is 8.72. The SMILES string of the molecule is COC(=O)c1ccc(CCCN2C(=O)CCC[C@@H]2C=C[C@@H](O)Cc2ccccc2)s1. The number of rotatable bonds is 9. The van der Waals surface area contributed by atoms with Crippen molar-refractivity contribution < 1.29 is 19.4 Å². The number of nitrogens with zero attached hydrogens (tertiary/aromatic N) is 1. The number of amides is 1. The number of methoxy groups -OCH3 is 1. The van der Waals surface area contributed by atoms with Crippen LogP contribution >= 0.6 is 11.3 Å². The van der Waals surface area contributed by atoms with E-state index in [9.17, 15) is 14.7 Å². The van der Waals surface area contributed by atoms with Crippen molar-refractivity contribution in [2.24, 2.45) is 0 Å². The van der Waals surface area contributed by atoms with E-state index in [2.05, 4.69) is 0 Å². The summed E-state index contributed by atoms with van der Waals surface area (Å²) < 4.78 is 4.75. The molecule has 2 atom stereocenters. The van der Waals surface area contributed by atoms with Crippen molar-refractivity contribution in [1.29, 1.82) is 0 Å². The number of hydrogen-bond acceptors (Lipinski definition) is 5. The Hall–Kier alpha value is -2.44. The lowest BCUT2D eigenvalue weighted by atomic mass is 9.99. The van der Waals surface area contributed by atoms with E-state index in [0.717, 1.165) is 36.1 Å². The number of thiophene rings is 1. The van der Waals surface area contributed by atoms with Gasteiger partial charge in [0.25, 0.3) is 0 Å². The van der Waals surface area contributed by atoms with Gasteiger partial charge in [0.1, 0.15) is 4.88 Å². The maximum atomic E-state index is 12.5. The minimum Gasteiger partial charge on any atom is -0.465 e. The molecule has 1 amide bonds. The Bertz CT molecular complexity index is 861. The molecule has 2 aromatic rings. The summed E-state index contributed by atoms with van der Waals surface area (Å²) in [5.74, 6) is -0.133. The van der Waals surface area contributed by atoms with Gasteiger partial charge in [0, 0.05) is 24.3 Å². The third kappa shape index (κ3) is 6.28. The van der Waals surface area contributed by atoms with E-state index in [1.165, 1.54) is 18.4 Å². The number of likely N-dealkylation sites (tertiary alicyclic amines) is 1.